The van der Waals surface area contributed by atoms with E-state index in [4.69, 9.17) is 10.5 Å². The Kier molecular flexibility index (Phi) is 6.12. The molecule has 0 unspecified atom stereocenters. The van der Waals surface area contributed by atoms with Crippen LogP contribution in [0.4, 0.5) is 5.69 Å². The number of likely N-dealkylation sites (tertiary alicyclic amines) is 1. The van der Waals surface area contributed by atoms with Gasteiger partial charge in [-0.2, -0.15) is 0 Å². The minimum atomic E-state index is -3.57. The summed E-state index contributed by atoms with van der Waals surface area (Å²) in [4.78, 5) is 26.0. The smallest absolute Gasteiger partial charge is 0.255 e. The van der Waals surface area contributed by atoms with Gasteiger partial charge in [0.05, 0.1) is 29.0 Å². The third-order valence-electron chi connectivity index (χ3n) is 4.58. The molecule has 8 nitrogen and oxygen atoms in total. The van der Waals surface area contributed by atoms with E-state index in [-0.39, 0.29) is 39.6 Å². The Hall–Kier alpha value is -2.29. The number of carbonyl (C=O) groups excluding carboxylic acids is 2. The number of anilines is 1. The number of sulfone groups is 1. The monoisotopic (exact) mass is 383 g/mol. The molecule has 9 heteroatoms. The predicted molar refractivity (Wildman–Crippen MR) is 97.9 cm³/mol. The minimum Gasteiger partial charge on any atom is -0.496 e. The number of likely N-dealkylation sites (N-methyl/N-ethyl adjacent to an activating group) is 1. The number of hydrogen-bond donors (Lipinski definition) is 2. The number of methoxy groups -OCH3 is 1. The molecular formula is C17H25N3O5S. The number of carbonyl (C=O) groups is 2. The molecule has 1 aromatic rings. The fraction of sp³-hybridized carbons (Fsp3) is 0.529. The van der Waals surface area contributed by atoms with Crippen LogP contribution in [0.1, 0.15) is 37.0 Å². The van der Waals surface area contributed by atoms with Crippen molar-refractivity contribution < 1.29 is 22.7 Å². The molecule has 0 aromatic heterocycles. The maximum atomic E-state index is 12.6. The van der Waals surface area contributed by atoms with Crippen LogP contribution >= 0.6 is 0 Å². The SMILES string of the molecule is CCN1C(=O)CC[C@H]1CNC(=O)c1cc(S(=O)(=O)CC)c(N)cc1OC. The molecule has 1 aliphatic heterocycles. The molecule has 0 spiro atoms. The van der Waals surface area contributed by atoms with Crippen LogP contribution in [0.15, 0.2) is 17.0 Å². The summed E-state index contributed by atoms with van der Waals surface area (Å²) in [6.45, 7) is 4.28. The molecule has 1 saturated heterocycles. The van der Waals surface area contributed by atoms with E-state index in [1.165, 1.54) is 26.2 Å². The highest BCUT2D eigenvalue weighted by molar-refractivity contribution is 7.91. The number of nitrogens with one attached hydrogen (secondary N) is 1. The first-order valence-electron chi connectivity index (χ1n) is 8.53. The third kappa shape index (κ3) is 3.92. The zero-order valence-corrected chi connectivity index (χ0v) is 16.1. The van der Waals surface area contributed by atoms with Gasteiger partial charge in [0.2, 0.25) is 5.91 Å². The number of nitrogens with two attached hydrogens (primary N) is 1. The van der Waals surface area contributed by atoms with Gasteiger partial charge in [0, 0.05) is 31.6 Å². The lowest BCUT2D eigenvalue weighted by molar-refractivity contribution is -0.128. The highest BCUT2D eigenvalue weighted by atomic mass is 32.2. The largest absolute Gasteiger partial charge is 0.496 e. The van der Waals surface area contributed by atoms with Crippen molar-refractivity contribution in [3.63, 3.8) is 0 Å². The Morgan fingerprint density at radius 3 is 2.65 bits per heavy atom. The number of nitrogen functional groups attached to an aromatic ring is 1. The zero-order chi connectivity index (χ0) is 19.5. The average Bonchev–Trinajstić information content (AvgIpc) is 2.98. The highest BCUT2D eigenvalue weighted by Crippen LogP contribution is 2.29. The van der Waals surface area contributed by atoms with Crippen LogP contribution in [0, 0.1) is 0 Å². The van der Waals surface area contributed by atoms with Crippen LogP contribution in [0.2, 0.25) is 0 Å². The fourth-order valence-electron chi connectivity index (χ4n) is 3.09. The Balaban J connectivity index is 2.25. The van der Waals surface area contributed by atoms with Crippen LogP contribution in [0.25, 0.3) is 0 Å². The summed E-state index contributed by atoms with van der Waals surface area (Å²) in [5.74, 6) is -0.317. The molecule has 0 saturated carbocycles. The van der Waals surface area contributed by atoms with Crippen LogP contribution in [-0.2, 0) is 14.6 Å². The summed E-state index contributed by atoms with van der Waals surface area (Å²) < 4.78 is 29.5. The van der Waals surface area contributed by atoms with Gasteiger partial charge < -0.3 is 20.7 Å². The first-order chi connectivity index (χ1) is 12.2. The van der Waals surface area contributed by atoms with Crippen molar-refractivity contribution in [2.24, 2.45) is 0 Å². The molecule has 0 radical (unpaired) electrons. The molecule has 1 fully saturated rings. The lowest BCUT2D eigenvalue weighted by Gasteiger charge is -2.23. The second-order valence-electron chi connectivity index (χ2n) is 6.08. The lowest BCUT2D eigenvalue weighted by Crippen LogP contribution is -2.41. The maximum absolute atomic E-state index is 12.6. The van der Waals surface area contributed by atoms with Gasteiger partial charge in [-0.25, -0.2) is 8.42 Å². The number of amides is 2. The van der Waals surface area contributed by atoms with Gasteiger partial charge in [-0.3, -0.25) is 9.59 Å². The van der Waals surface area contributed by atoms with Crippen LogP contribution < -0.4 is 15.8 Å². The van der Waals surface area contributed by atoms with Gasteiger partial charge in [0.15, 0.2) is 9.84 Å². The maximum Gasteiger partial charge on any atom is 0.255 e. The van der Waals surface area contributed by atoms with Crippen molar-refractivity contribution in [2.45, 2.75) is 37.6 Å². The van der Waals surface area contributed by atoms with E-state index in [9.17, 15) is 18.0 Å². The van der Waals surface area contributed by atoms with E-state index in [1.807, 2.05) is 6.92 Å². The van der Waals surface area contributed by atoms with E-state index in [2.05, 4.69) is 5.32 Å². The van der Waals surface area contributed by atoms with Crippen LogP contribution in [0.3, 0.4) is 0 Å². The van der Waals surface area contributed by atoms with Crippen molar-refractivity contribution in [3.8, 4) is 5.75 Å². The first-order valence-corrected chi connectivity index (χ1v) is 10.2. The van der Waals surface area contributed by atoms with Crippen molar-refractivity contribution in [1.82, 2.24) is 10.2 Å². The fourth-order valence-corrected chi connectivity index (χ4v) is 4.12. The summed E-state index contributed by atoms with van der Waals surface area (Å²) >= 11 is 0. The summed E-state index contributed by atoms with van der Waals surface area (Å²) in [6.07, 6.45) is 1.15. The Bertz CT molecular complexity index is 807. The second-order valence-corrected chi connectivity index (χ2v) is 8.32. The van der Waals surface area contributed by atoms with Gasteiger partial charge >= 0.3 is 0 Å². The molecule has 0 aliphatic carbocycles. The Morgan fingerprint density at radius 1 is 1.38 bits per heavy atom. The molecular weight excluding hydrogens is 358 g/mol. The van der Waals surface area contributed by atoms with Crippen molar-refractivity contribution >= 4 is 27.3 Å². The molecule has 2 rings (SSSR count). The first kappa shape index (κ1) is 20.0. The van der Waals surface area contributed by atoms with Gasteiger partial charge in [0.1, 0.15) is 5.75 Å². The molecule has 2 amide bonds. The Morgan fingerprint density at radius 2 is 2.08 bits per heavy atom. The molecule has 1 aromatic carbocycles. The molecule has 1 aliphatic rings. The number of rotatable bonds is 7. The third-order valence-corrected chi connectivity index (χ3v) is 6.37. The Labute approximate surface area is 153 Å². The summed E-state index contributed by atoms with van der Waals surface area (Å²) in [6, 6.07) is 2.53. The van der Waals surface area contributed by atoms with Crippen LogP contribution in [0.5, 0.6) is 5.75 Å². The standard InChI is InChI=1S/C17H25N3O5S/c1-4-20-11(6-7-16(20)21)10-19-17(22)12-8-15(26(23,24)5-2)13(18)9-14(12)25-3/h8-9,11H,4-7,10,18H2,1-3H3,(H,19,22)/t11-/m0/s1. The summed E-state index contributed by atoms with van der Waals surface area (Å²) in [7, 11) is -2.19. The minimum absolute atomic E-state index is 0.0406. The number of benzene rings is 1. The zero-order valence-electron chi connectivity index (χ0n) is 15.2. The molecule has 1 atom stereocenters. The van der Waals surface area contributed by atoms with Crippen molar-refractivity contribution in [2.75, 3.05) is 31.7 Å². The molecule has 26 heavy (non-hydrogen) atoms. The molecule has 1 heterocycles. The topological polar surface area (TPSA) is 119 Å². The quantitative estimate of drug-likeness (QED) is 0.673. The average molecular weight is 383 g/mol. The van der Waals surface area contributed by atoms with Crippen molar-refractivity contribution in [3.05, 3.63) is 17.7 Å². The van der Waals surface area contributed by atoms with Gasteiger partial charge in [0.25, 0.3) is 5.91 Å². The van der Waals surface area contributed by atoms with E-state index in [0.29, 0.717) is 25.9 Å². The number of ether oxygens (including phenoxy) is 1. The predicted octanol–water partition coefficient (Wildman–Crippen LogP) is 0.812. The molecule has 144 valence electrons. The molecule has 0 bridgehead atoms. The van der Waals surface area contributed by atoms with Gasteiger partial charge in [-0.05, 0) is 19.4 Å². The second kappa shape index (κ2) is 7.94. The summed E-state index contributed by atoms with van der Waals surface area (Å²) in [5.41, 5.74) is 5.96. The van der Waals surface area contributed by atoms with E-state index in [1.54, 1.807) is 4.90 Å². The van der Waals surface area contributed by atoms with Gasteiger partial charge in [-0.1, -0.05) is 6.92 Å². The van der Waals surface area contributed by atoms with Gasteiger partial charge in [-0.15, -0.1) is 0 Å². The molecule has 3 N–H and O–H groups in total. The summed E-state index contributed by atoms with van der Waals surface area (Å²) in [5, 5.41) is 2.77. The highest BCUT2D eigenvalue weighted by Gasteiger charge is 2.30. The van der Waals surface area contributed by atoms with E-state index < -0.39 is 15.7 Å². The van der Waals surface area contributed by atoms with Crippen molar-refractivity contribution in [1.29, 1.82) is 0 Å². The normalized spacial score (nSPS) is 17.4. The number of hydrogen-bond acceptors (Lipinski definition) is 6. The number of nitrogens with zero attached hydrogens (tertiary/aromatic N) is 1. The van der Waals surface area contributed by atoms with E-state index >= 15 is 0 Å². The lowest BCUT2D eigenvalue weighted by atomic mass is 10.1. The van der Waals surface area contributed by atoms with E-state index in [0.717, 1.165) is 0 Å². The van der Waals surface area contributed by atoms with Crippen LogP contribution in [-0.4, -0.2) is 57.1 Å².